The van der Waals surface area contributed by atoms with Crippen molar-refractivity contribution >= 4 is 42.3 Å². The van der Waals surface area contributed by atoms with Gasteiger partial charge in [-0.2, -0.15) is 0 Å². The lowest BCUT2D eigenvalue weighted by Gasteiger charge is -2.24. The number of hydrogen-bond acceptors (Lipinski definition) is 1. The smallest absolute Gasteiger partial charge is 0.0358 e. The molecule has 7 aromatic rings. The second-order valence-corrected chi connectivity index (χ2v) is 14.9. The van der Waals surface area contributed by atoms with E-state index in [2.05, 4.69) is 156 Å². The van der Waals surface area contributed by atoms with Gasteiger partial charge in [0.05, 0.1) is 0 Å². The first-order valence-corrected chi connectivity index (χ1v) is 16.2. The summed E-state index contributed by atoms with van der Waals surface area (Å²) in [5, 5.41) is 5.31. The first kappa shape index (κ1) is 26.4. The van der Waals surface area contributed by atoms with E-state index in [4.69, 9.17) is 0 Å². The molecule has 210 valence electrons. The molecule has 0 saturated carbocycles. The molecule has 0 N–H and O–H groups in total. The molecule has 1 aliphatic carbocycles. The minimum Gasteiger partial charge on any atom is -0.135 e. The normalized spacial score (nSPS) is 14.7. The summed E-state index contributed by atoms with van der Waals surface area (Å²) < 4.78 is 2.70. The summed E-state index contributed by atoms with van der Waals surface area (Å²) in [5.41, 5.74) is 11.2. The van der Waals surface area contributed by atoms with E-state index in [0.717, 1.165) is 0 Å². The number of thiophene rings is 1. The third-order valence-corrected chi connectivity index (χ3v) is 10.9. The summed E-state index contributed by atoms with van der Waals surface area (Å²) in [5.74, 6) is 0.115. The molecule has 8 rings (SSSR count). The molecular weight excluding hydrogens is 537 g/mol. The maximum atomic E-state index is 2.51. The highest BCUT2D eigenvalue weighted by Crippen LogP contribution is 2.51. The van der Waals surface area contributed by atoms with Gasteiger partial charge in [0.15, 0.2) is 0 Å². The Morgan fingerprint density at radius 1 is 0.558 bits per heavy atom. The van der Waals surface area contributed by atoms with Crippen LogP contribution in [0.5, 0.6) is 0 Å². The van der Waals surface area contributed by atoms with Gasteiger partial charge < -0.3 is 0 Å². The maximum Gasteiger partial charge on any atom is 0.0358 e. The second-order valence-electron chi connectivity index (χ2n) is 13.8. The van der Waals surface area contributed by atoms with Crippen LogP contribution < -0.4 is 0 Å². The van der Waals surface area contributed by atoms with Crippen LogP contribution in [0.4, 0.5) is 0 Å². The van der Waals surface area contributed by atoms with Crippen molar-refractivity contribution in [1.82, 2.24) is 0 Å². The van der Waals surface area contributed by atoms with E-state index >= 15 is 0 Å². The van der Waals surface area contributed by atoms with Crippen LogP contribution in [0.3, 0.4) is 0 Å². The molecule has 1 aliphatic rings. The zero-order valence-corrected chi connectivity index (χ0v) is 26.3. The van der Waals surface area contributed by atoms with Crippen molar-refractivity contribution in [1.29, 1.82) is 0 Å². The van der Waals surface area contributed by atoms with E-state index in [1.807, 2.05) is 11.3 Å². The fourth-order valence-electron chi connectivity index (χ4n) is 7.41. The van der Waals surface area contributed by atoms with Gasteiger partial charge in [-0.1, -0.05) is 138 Å². The predicted octanol–water partition coefficient (Wildman–Crippen LogP) is 12.0. The Morgan fingerprint density at radius 3 is 2.00 bits per heavy atom. The standard InChI is InChI=1S/C42H36S/c1-41(2,3)29-19-22-37-35(25-29)34-23-27(18-21-36(34)42(37,4)5)40(33-15-10-12-26-11-6-7-13-30(26)33)28-17-20-32-31-14-8-9-16-38(31)43-39(32)24-28/h6-25,40H,1-5H3. The van der Waals surface area contributed by atoms with E-state index in [1.54, 1.807) is 0 Å². The third-order valence-electron chi connectivity index (χ3n) is 9.77. The molecule has 0 aliphatic heterocycles. The summed E-state index contributed by atoms with van der Waals surface area (Å²) in [4.78, 5) is 0. The topological polar surface area (TPSA) is 0 Å². The van der Waals surface area contributed by atoms with Crippen molar-refractivity contribution in [2.24, 2.45) is 0 Å². The van der Waals surface area contributed by atoms with Gasteiger partial charge in [0.2, 0.25) is 0 Å². The van der Waals surface area contributed by atoms with Crippen molar-refractivity contribution in [3.8, 4) is 11.1 Å². The van der Waals surface area contributed by atoms with Gasteiger partial charge >= 0.3 is 0 Å². The molecule has 0 radical (unpaired) electrons. The fourth-order valence-corrected chi connectivity index (χ4v) is 8.56. The van der Waals surface area contributed by atoms with E-state index < -0.39 is 0 Å². The second kappa shape index (κ2) is 9.40. The number of fused-ring (bicyclic) bond motifs is 7. The van der Waals surface area contributed by atoms with Crippen LogP contribution >= 0.6 is 11.3 Å². The third kappa shape index (κ3) is 4.09. The Balaban J connectivity index is 1.38. The molecule has 6 aromatic carbocycles. The van der Waals surface area contributed by atoms with Gasteiger partial charge in [-0.05, 0) is 78.9 Å². The Morgan fingerprint density at radius 2 is 1.19 bits per heavy atom. The Kier molecular flexibility index (Phi) is 5.78. The molecular formula is C42H36S. The van der Waals surface area contributed by atoms with Crippen LogP contribution in [0.15, 0.2) is 121 Å². The van der Waals surface area contributed by atoms with Crippen molar-refractivity contribution in [2.75, 3.05) is 0 Å². The van der Waals surface area contributed by atoms with E-state index in [1.165, 1.54) is 75.5 Å². The summed E-state index contributed by atoms with van der Waals surface area (Å²) in [6.07, 6.45) is 0. The summed E-state index contributed by atoms with van der Waals surface area (Å²) >= 11 is 1.90. The largest absolute Gasteiger partial charge is 0.135 e. The van der Waals surface area contributed by atoms with Gasteiger partial charge in [0.25, 0.3) is 0 Å². The fraction of sp³-hybridized carbons (Fsp3) is 0.190. The first-order valence-electron chi connectivity index (χ1n) is 15.4. The van der Waals surface area contributed by atoms with Crippen LogP contribution in [0, 0.1) is 0 Å². The van der Waals surface area contributed by atoms with Crippen molar-refractivity contribution in [3.63, 3.8) is 0 Å². The number of benzene rings is 6. The SMILES string of the molecule is CC(C)(C)c1ccc2c(c1)-c1cc(C(c3ccc4c(c3)sc3ccccc34)c3cccc4ccccc34)ccc1C2(C)C. The van der Waals surface area contributed by atoms with Gasteiger partial charge in [-0.25, -0.2) is 0 Å². The Bertz CT molecular complexity index is 2200. The van der Waals surface area contributed by atoms with E-state index in [9.17, 15) is 0 Å². The highest BCUT2D eigenvalue weighted by atomic mass is 32.1. The number of rotatable bonds is 3. The van der Waals surface area contributed by atoms with Crippen LogP contribution in [-0.4, -0.2) is 0 Å². The van der Waals surface area contributed by atoms with Gasteiger partial charge in [0, 0.05) is 31.5 Å². The highest BCUT2D eigenvalue weighted by molar-refractivity contribution is 7.25. The van der Waals surface area contributed by atoms with Crippen LogP contribution in [-0.2, 0) is 10.8 Å². The van der Waals surface area contributed by atoms with Crippen molar-refractivity contribution < 1.29 is 0 Å². The molecule has 1 heterocycles. The van der Waals surface area contributed by atoms with Crippen LogP contribution in [0.25, 0.3) is 42.1 Å². The lowest BCUT2D eigenvalue weighted by atomic mass is 9.79. The minimum atomic E-state index is -0.0233. The van der Waals surface area contributed by atoms with E-state index in [0.29, 0.717) is 0 Å². The summed E-state index contributed by atoms with van der Waals surface area (Å²) in [7, 11) is 0. The molecule has 43 heavy (non-hydrogen) atoms. The maximum absolute atomic E-state index is 2.51. The highest BCUT2D eigenvalue weighted by Gasteiger charge is 2.37. The monoisotopic (exact) mass is 572 g/mol. The first-order chi connectivity index (χ1) is 20.7. The zero-order valence-electron chi connectivity index (χ0n) is 25.5. The predicted molar refractivity (Wildman–Crippen MR) is 187 cm³/mol. The molecule has 0 fully saturated rings. The van der Waals surface area contributed by atoms with Gasteiger partial charge in [-0.3, -0.25) is 0 Å². The zero-order chi connectivity index (χ0) is 29.5. The minimum absolute atomic E-state index is 0.0233. The molecule has 0 nitrogen and oxygen atoms in total. The Hall–Kier alpha value is -4.20. The molecule has 1 heteroatoms. The van der Waals surface area contributed by atoms with Crippen molar-refractivity contribution in [2.45, 2.75) is 51.4 Å². The lowest BCUT2D eigenvalue weighted by Crippen LogP contribution is -2.16. The molecule has 0 saturated heterocycles. The average molecular weight is 573 g/mol. The molecule has 0 bridgehead atoms. The molecule has 1 atom stereocenters. The molecule has 0 amide bonds. The summed E-state index contributed by atoms with van der Waals surface area (Å²) in [6, 6.07) is 46.1. The van der Waals surface area contributed by atoms with Crippen LogP contribution in [0.2, 0.25) is 0 Å². The molecule has 0 spiro atoms. The van der Waals surface area contributed by atoms with E-state index in [-0.39, 0.29) is 16.7 Å². The van der Waals surface area contributed by atoms with Crippen molar-refractivity contribution in [3.05, 3.63) is 155 Å². The lowest BCUT2D eigenvalue weighted by molar-refractivity contribution is 0.589. The van der Waals surface area contributed by atoms with Crippen LogP contribution in [0.1, 0.15) is 73.9 Å². The number of hydrogen-bond donors (Lipinski definition) is 0. The quantitative estimate of drug-likeness (QED) is 0.185. The Labute approximate surface area is 258 Å². The molecule has 1 unspecified atom stereocenters. The summed E-state index contributed by atoms with van der Waals surface area (Å²) in [6.45, 7) is 11.7. The van der Waals surface area contributed by atoms with Gasteiger partial charge in [0.1, 0.15) is 0 Å². The molecule has 1 aromatic heterocycles. The van der Waals surface area contributed by atoms with Gasteiger partial charge in [-0.15, -0.1) is 11.3 Å². The average Bonchev–Trinajstić information content (AvgIpc) is 3.48.